The summed E-state index contributed by atoms with van der Waals surface area (Å²) in [7, 11) is 2.03. The SMILES string of the molecule is CN(Cc1ccccc1N1CCCCC1)C[C@@H](O)COc1ccc(C#N)cc1. The number of ether oxygens (including phenoxy) is 1. The number of aliphatic hydroxyl groups excluding tert-OH is 1. The van der Waals surface area contributed by atoms with Crippen molar-refractivity contribution in [3.05, 3.63) is 59.7 Å². The number of hydrogen-bond acceptors (Lipinski definition) is 5. The molecule has 0 bridgehead atoms. The summed E-state index contributed by atoms with van der Waals surface area (Å²) >= 11 is 0. The lowest BCUT2D eigenvalue weighted by atomic mass is 10.1. The lowest BCUT2D eigenvalue weighted by Crippen LogP contribution is -2.34. The molecule has 0 aromatic heterocycles. The maximum atomic E-state index is 10.3. The van der Waals surface area contributed by atoms with E-state index in [1.165, 1.54) is 30.5 Å². The highest BCUT2D eigenvalue weighted by atomic mass is 16.5. The number of para-hydroxylation sites is 1. The number of aliphatic hydroxyl groups is 1. The van der Waals surface area contributed by atoms with E-state index in [1.54, 1.807) is 24.3 Å². The van der Waals surface area contributed by atoms with Gasteiger partial charge in [-0.1, -0.05) is 18.2 Å². The van der Waals surface area contributed by atoms with Gasteiger partial charge in [-0.3, -0.25) is 4.90 Å². The molecule has 5 heteroatoms. The van der Waals surface area contributed by atoms with Gasteiger partial charge in [0, 0.05) is 31.9 Å². The van der Waals surface area contributed by atoms with Crippen LogP contribution in [0.3, 0.4) is 0 Å². The molecule has 1 fully saturated rings. The van der Waals surface area contributed by atoms with E-state index in [4.69, 9.17) is 10.00 Å². The molecule has 0 unspecified atom stereocenters. The van der Waals surface area contributed by atoms with Crippen LogP contribution >= 0.6 is 0 Å². The van der Waals surface area contributed by atoms with E-state index in [1.807, 2.05) is 7.05 Å². The second-order valence-electron chi connectivity index (χ2n) is 7.47. The normalized spacial score (nSPS) is 15.3. The smallest absolute Gasteiger partial charge is 0.119 e. The molecule has 1 aliphatic heterocycles. The van der Waals surface area contributed by atoms with Gasteiger partial charge in [-0.25, -0.2) is 0 Å². The molecular weight excluding hydrogens is 350 g/mol. The van der Waals surface area contributed by atoms with Crippen molar-refractivity contribution in [2.45, 2.75) is 31.9 Å². The third-order valence-corrected chi connectivity index (χ3v) is 5.08. The molecule has 2 aromatic rings. The molecule has 5 nitrogen and oxygen atoms in total. The van der Waals surface area contributed by atoms with E-state index in [9.17, 15) is 5.11 Å². The molecule has 2 aromatic carbocycles. The Labute approximate surface area is 167 Å². The number of nitrogens with zero attached hydrogens (tertiary/aromatic N) is 3. The minimum absolute atomic E-state index is 0.226. The first-order chi connectivity index (χ1) is 13.7. The van der Waals surface area contributed by atoms with Gasteiger partial charge in [0.25, 0.3) is 0 Å². The average Bonchev–Trinajstić information content (AvgIpc) is 2.73. The van der Waals surface area contributed by atoms with Crippen molar-refractivity contribution in [1.82, 2.24) is 4.90 Å². The van der Waals surface area contributed by atoms with Crippen molar-refractivity contribution in [2.24, 2.45) is 0 Å². The van der Waals surface area contributed by atoms with Gasteiger partial charge < -0.3 is 14.7 Å². The average molecular weight is 380 g/mol. The number of hydrogen-bond donors (Lipinski definition) is 1. The zero-order chi connectivity index (χ0) is 19.8. The summed E-state index contributed by atoms with van der Waals surface area (Å²) in [6, 6.07) is 17.6. The first-order valence-electron chi connectivity index (χ1n) is 9.98. The van der Waals surface area contributed by atoms with Crippen molar-refractivity contribution in [2.75, 3.05) is 38.2 Å². The van der Waals surface area contributed by atoms with Crippen molar-refractivity contribution in [3.63, 3.8) is 0 Å². The van der Waals surface area contributed by atoms with Crippen LogP contribution in [0, 0.1) is 11.3 Å². The number of anilines is 1. The quantitative estimate of drug-likeness (QED) is 0.762. The van der Waals surface area contributed by atoms with Crippen molar-refractivity contribution >= 4 is 5.69 Å². The summed E-state index contributed by atoms with van der Waals surface area (Å²) in [5, 5.41) is 19.2. The second-order valence-corrected chi connectivity index (χ2v) is 7.47. The van der Waals surface area contributed by atoms with Crippen LogP contribution in [-0.2, 0) is 6.54 Å². The lowest BCUT2D eigenvalue weighted by molar-refractivity contribution is 0.0744. The summed E-state index contributed by atoms with van der Waals surface area (Å²) in [5.41, 5.74) is 3.21. The van der Waals surface area contributed by atoms with Crippen molar-refractivity contribution in [1.29, 1.82) is 5.26 Å². The number of likely N-dealkylation sites (N-methyl/N-ethyl adjacent to an activating group) is 1. The van der Waals surface area contributed by atoms with E-state index in [0.717, 1.165) is 19.6 Å². The highest BCUT2D eigenvalue weighted by molar-refractivity contribution is 5.53. The Morgan fingerprint density at radius 2 is 1.82 bits per heavy atom. The van der Waals surface area contributed by atoms with Crippen LogP contribution in [-0.4, -0.2) is 49.4 Å². The van der Waals surface area contributed by atoms with Crippen LogP contribution in [0.1, 0.15) is 30.4 Å². The zero-order valence-electron chi connectivity index (χ0n) is 16.6. The molecule has 1 aliphatic rings. The van der Waals surface area contributed by atoms with Crippen molar-refractivity contribution in [3.8, 4) is 11.8 Å². The van der Waals surface area contributed by atoms with Crippen LogP contribution in [0.25, 0.3) is 0 Å². The summed E-state index contributed by atoms with van der Waals surface area (Å²) in [6.07, 6.45) is 3.26. The predicted molar refractivity (Wildman–Crippen MR) is 111 cm³/mol. The molecule has 0 radical (unpaired) electrons. The molecule has 0 spiro atoms. The Bertz CT molecular complexity index is 779. The highest BCUT2D eigenvalue weighted by Crippen LogP contribution is 2.25. The van der Waals surface area contributed by atoms with Gasteiger partial charge in [-0.2, -0.15) is 5.26 Å². The fourth-order valence-electron chi connectivity index (χ4n) is 3.67. The summed E-state index contributed by atoms with van der Waals surface area (Å²) in [5.74, 6) is 0.663. The van der Waals surface area contributed by atoms with E-state index < -0.39 is 6.10 Å². The van der Waals surface area contributed by atoms with Gasteiger partial charge in [0.1, 0.15) is 18.5 Å². The molecule has 1 N–H and O–H groups in total. The molecule has 1 atom stereocenters. The number of benzene rings is 2. The molecule has 28 heavy (non-hydrogen) atoms. The minimum atomic E-state index is -0.581. The second kappa shape index (κ2) is 10.1. The van der Waals surface area contributed by atoms with Crippen LogP contribution in [0.4, 0.5) is 5.69 Å². The molecule has 1 saturated heterocycles. The van der Waals surface area contributed by atoms with Gasteiger partial charge in [-0.15, -0.1) is 0 Å². The van der Waals surface area contributed by atoms with Gasteiger partial charge in [-0.05, 0) is 62.2 Å². The topological polar surface area (TPSA) is 59.7 Å². The molecule has 3 rings (SSSR count). The highest BCUT2D eigenvalue weighted by Gasteiger charge is 2.16. The Morgan fingerprint density at radius 1 is 1.11 bits per heavy atom. The number of piperidine rings is 1. The third kappa shape index (κ3) is 5.72. The first kappa shape index (κ1) is 20.2. The molecular formula is C23H29N3O2. The van der Waals surface area contributed by atoms with E-state index in [-0.39, 0.29) is 6.61 Å². The standard InChI is InChI=1S/C23H29N3O2/c1-25(17-21(27)18-28-22-11-9-19(15-24)10-12-22)16-20-7-3-4-8-23(20)26-13-5-2-6-14-26/h3-4,7-12,21,27H,2,5-6,13-14,16-18H2,1H3/t21-/m1/s1. The van der Waals surface area contributed by atoms with E-state index in [0.29, 0.717) is 17.9 Å². The molecule has 0 aliphatic carbocycles. The van der Waals surface area contributed by atoms with Gasteiger partial charge >= 0.3 is 0 Å². The fourth-order valence-corrected chi connectivity index (χ4v) is 3.67. The van der Waals surface area contributed by atoms with E-state index >= 15 is 0 Å². The molecule has 0 saturated carbocycles. The maximum Gasteiger partial charge on any atom is 0.119 e. The van der Waals surface area contributed by atoms with Gasteiger partial charge in [0.05, 0.1) is 11.6 Å². The number of rotatable bonds is 8. The van der Waals surface area contributed by atoms with E-state index in [2.05, 4.69) is 40.1 Å². The van der Waals surface area contributed by atoms with Crippen LogP contribution in [0.5, 0.6) is 5.75 Å². The Balaban J connectivity index is 1.50. The van der Waals surface area contributed by atoms with Crippen LogP contribution < -0.4 is 9.64 Å². The minimum Gasteiger partial charge on any atom is -0.491 e. The lowest BCUT2D eigenvalue weighted by Gasteiger charge is -2.31. The Kier molecular flexibility index (Phi) is 7.30. The van der Waals surface area contributed by atoms with Crippen LogP contribution in [0.2, 0.25) is 0 Å². The van der Waals surface area contributed by atoms with Gasteiger partial charge in [0.15, 0.2) is 0 Å². The fraction of sp³-hybridized carbons (Fsp3) is 0.435. The van der Waals surface area contributed by atoms with Crippen LogP contribution in [0.15, 0.2) is 48.5 Å². The Morgan fingerprint density at radius 3 is 2.54 bits per heavy atom. The molecule has 0 amide bonds. The largest absolute Gasteiger partial charge is 0.491 e. The van der Waals surface area contributed by atoms with Crippen molar-refractivity contribution < 1.29 is 9.84 Å². The van der Waals surface area contributed by atoms with Gasteiger partial charge in [0.2, 0.25) is 0 Å². The Hall–Kier alpha value is -2.55. The third-order valence-electron chi connectivity index (χ3n) is 5.08. The first-order valence-corrected chi connectivity index (χ1v) is 9.98. The monoisotopic (exact) mass is 379 g/mol. The molecule has 1 heterocycles. The zero-order valence-corrected chi connectivity index (χ0v) is 16.6. The molecule has 148 valence electrons. The summed E-state index contributed by atoms with van der Waals surface area (Å²) < 4.78 is 5.64. The summed E-state index contributed by atoms with van der Waals surface area (Å²) in [4.78, 5) is 4.62. The summed E-state index contributed by atoms with van der Waals surface area (Å²) in [6.45, 7) is 3.80. The maximum absolute atomic E-state index is 10.3. The predicted octanol–water partition coefficient (Wildman–Crippen LogP) is 3.42. The number of nitriles is 1.